The molecule has 1 heterocycles. The van der Waals surface area contributed by atoms with Crippen molar-refractivity contribution in [1.82, 2.24) is 24.6 Å². The van der Waals surface area contributed by atoms with Gasteiger partial charge in [0.25, 0.3) is 5.91 Å². The molecule has 3 aliphatic rings. The summed E-state index contributed by atoms with van der Waals surface area (Å²) in [4.78, 5) is 54.1. The summed E-state index contributed by atoms with van der Waals surface area (Å²) in [6.45, 7) is 9.45. The molecule has 0 spiro atoms. The Morgan fingerprint density at radius 3 is 2.26 bits per heavy atom. The maximum absolute atomic E-state index is 13.7. The number of carbonyl (C=O) groups excluding carboxylic acids is 4. The Hall–Kier alpha value is -2.67. The fraction of sp³-hybridized carbons (Fsp3) is 0.760. The normalized spacial score (nSPS) is 26.5. The summed E-state index contributed by atoms with van der Waals surface area (Å²) in [5, 5.41) is 5.43. The fourth-order valence-corrected chi connectivity index (χ4v) is 5.66. The largest absolute Gasteiger partial charge is 0.446 e. The van der Waals surface area contributed by atoms with Gasteiger partial charge >= 0.3 is 16.3 Å². The molecule has 0 aromatic rings. The summed E-state index contributed by atoms with van der Waals surface area (Å²) in [5.74, 6) is -2.28. The topological polar surface area (TPSA) is 154 Å². The second-order valence-corrected chi connectivity index (χ2v) is 13.6. The lowest BCUT2D eigenvalue weighted by Gasteiger charge is -2.35. The molecule has 38 heavy (non-hydrogen) atoms. The van der Waals surface area contributed by atoms with Crippen LogP contribution < -0.4 is 15.4 Å². The monoisotopic (exact) mass is 555 g/mol. The number of rotatable bonds is 9. The number of amides is 4. The smallest absolute Gasteiger partial charge is 0.408 e. The molecule has 12 nitrogen and oxygen atoms in total. The predicted octanol–water partition coefficient (Wildman–Crippen LogP) is 1.04. The average molecular weight is 556 g/mol. The molecule has 2 aliphatic carbocycles. The van der Waals surface area contributed by atoms with Gasteiger partial charge in [0.05, 0.1) is 0 Å². The molecular formula is C25H41N5O7S. The van der Waals surface area contributed by atoms with Crippen molar-refractivity contribution in [3.8, 4) is 0 Å². The molecule has 3 fully saturated rings. The first kappa shape index (κ1) is 29.9. The van der Waals surface area contributed by atoms with Crippen LogP contribution in [-0.2, 0) is 29.3 Å². The van der Waals surface area contributed by atoms with E-state index in [1.165, 1.54) is 25.1 Å². The number of nitrogens with one attached hydrogen (secondary N) is 3. The summed E-state index contributed by atoms with van der Waals surface area (Å²) in [6, 6.07) is -1.81. The lowest BCUT2D eigenvalue weighted by atomic mass is 9.85. The Balaban J connectivity index is 1.73. The van der Waals surface area contributed by atoms with Crippen LogP contribution in [0.3, 0.4) is 0 Å². The average Bonchev–Trinajstić information content (AvgIpc) is 3.16. The molecule has 1 aliphatic heterocycles. The SMILES string of the molecule is C=CC1C[C@]1(NC(=O)[C@@H]1CCCN1C(=O)[C@@H](NC(=O)OC1CCCC1)C(C)(C)C)C(=O)NS(=O)(=O)N(C)C. The van der Waals surface area contributed by atoms with Crippen LogP contribution in [0.15, 0.2) is 12.7 Å². The molecule has 1 unspecified atom stereocenters. The Kier molecular flexibility index (Phi) is 8.81. The van der Waals surface area contributed by atoms with Gasteiger partial charge in [-0.3, -0.25) is 14.4 Å². The molecule has 1 saturated heterocycles. The molecule has 4 atom stereocenters. The van der Waals surface area contributed by atoms with E-state index in [0.717, 1.165) is 30.0 Å². The van der Waals surface area contributed by atoms with Crippen molar-refractivity contribution in [3.05, 3.63) is 12.7 Å². The lowest BCUT2D eigenvalue weighted by molar-refractivity contribution is -0.142. The number of likely N-dealkylation sites (tertiary alicyclic amines) is 1. The van der Waals surface area contributed by atoms with Gasteiger partial charge in [0.1, 0.15) is 23.7 Å². The molecule has 0 radical (unpaired) electrons. The fourth-order valence-electron chi connectivity index (χ4n) is 5.06. The van der Waals surface area contributed by atoms with Crippen LogP contribution in [0, 0.1) is 11.3 Å². The highest BCUT2D eigenvalue weighted by atomic mass is 32.2. The lowest BCUT2D eigenvalue weighted by Crippen LogP contribution is -2.60. The Morgan fingerprint density at radius 1 is 1.11 bits per heavy atom. The van der Waals surface area contributed by atoms with E-state index in [9.17, 15) is 27.6 Å². The van der Waals surface area contributed by atoms with Crippen molar-refractivity contribution in [2.45, 2.75) is 89.4 Å². The third-order valence-electron chi connectivity index (χ3n) is 7.54. The van der Waals surface area contributed by atoms with E-state index < -0.39 is 63.0 Å². The van der Waals surface area contributed by atoms with Crippen LogP contribution in [0.2, 0.25) is 0 Å². The quantitative estimate of drug-likeness (QED) is 0.359. The van der Waals surface area contributed by atoms with Crippen LogP contribution in [0.5, 0.6) is 0 Å². The van der Waals surface area contributed by atoms with Crippen molar-refractivity contribution >= 4 is 34.0 Å². The molecule has 13 heteroatoms. The van der Waals surface area contributed by atoms with Crippen LogP contribution in [0.1, 0.15) is 65.7 Å². The van der Waals surface area contributed by atoms with Gasteiger partial charge in [0.2, 0.25) is 11.8 Å². The van der Waals surface area contributed by atoms with E-state index in [-0.39, 0.29) is 12.5 Å². The third kappa shape index (κ3) is 6.48. The Labute approximate surface area is 225 Å². The highest BCUT2D eigenvalue weighted by Crippen LogP contribution is 2.45. The first-order valence-corrected chi connectivity index (χ1v) is 14.5. The van der Waals surface area contributed by atoms with Gasteiger partial charge in [-0.25, -0.2) is 9.52 Å². The van der Waals surface area contributed by atoms with Gasteiger partial charge in [-0.1, -0.05) is 26.8 Å². The van der Waals surface area contributed by atoms with E-state index in [1.807, 2.05) is 25.5 Å². The second-order valence-electron chi connectivity index (χ2n) is 11.7. The third-order valence-corrected chi connectivity index (χ3v) is 8.95. The molecule has 3 N–H and O–H groups in total. The maximum Gasteiger partial charge on any atom is 0.408 e. The molecule has 0 aromatic heterocycles. The van der Waals surface area contributed by atoms with Crippen LogP contribution in [0.25, 0.3) is 0 Å². The van der Waals surface area contributed by atoms with Crippen LogP contribution >= 0.6 is 0 Å². The predicted molar refractivity (Wildman–Crippen MR) is 140 cm³/mol. The molecule has 2 saturated carbocycles. The number of alkyl carbamates (subject to hydrolysis) is 1. The molecule has 0 aromatic carbocycles. The standard InChI is InChI=1S/C25H41N5O7S/c1-7-16-15-25(16,22(33)28-38(35,36)29(5)6)27-20(31)18-13-10-14-30(18)21(32)19(24(2,3)4)26-23(34)37-17-11-8-9-12-17/h7,16-19H,1,8-15H2,2-6H3,(H,26,34)(H,27,31)(H,28,33)/t16?,18-,19+,25+/m0/s1. The molecule has 4 amide bonds. The highest BCUT2D eigenvalue weighted by Gasteiger charge is 2.61. The zero-order chi connectivity index (χ0) is 28.5. The summed E-state index contributed by atoms with van der Waals surface area (Å²) >= 11 is 0. The zero-order valence-corrected chi connectivity index (χ0v) is 23.7. The van der Waals surface area contributed by atoms with Crippen molar-refractivity contribution in [1.29, 1.82) is 0 Å². The molecule has 3 rings (SSSR count). The minimum absolute atomic E-state index is 0.161. The van der Waals surface area contributed by atoms with Gasteiger partial charge < -0.3 is 20.3 Å². The second kappa shape index (κ2) is 11.2. The number of hydrogen-bond donors (Lipinski definition) is 3. The van der Waals surface area contributed by atoms with Crippen LogP contribution in [-0.4, -0.2) is 85.8 Å². The summed E-state index contributed by atoms with van der Waals surface area (Å²) in [7, 11) is -1.50. The Bertz CT molecular complexity index is 1060. The minimum Gasteiger partial charge on any atom is -0.446 e. The van der Waals surface area contributed by atoms with Crippen molar-refractivity contribution in [2.75, 3.05) is 20.6 Å². The summed E-state index contributed by atoms with van der Waals surface area (Å²) in [6.07, 6.45) is 5.39. The van der Waals surface area contributed by atoms with Crippen molar-refractivity contribution < 1.29 is 32.3 Å². The van der Waals surface area contributed by atoms with Gasteiger partial charge in [-0.2, -0.15) is 12.7 Å². The molecule has 0 bridgehead atoms. The summed E-state index contributed by atoms with van der Waals surface area (Å²) < 4.78 is 32.8. The highest BCUT2D eigenvalue weighted by molar-refractivity contribution is 7.87. The molecular weight excluding hydrogens is 514 g/mol. The number of carbonyl (C=O) groups is 4. The number of hydrogen-bond acceptors (Lipinski definition) is 7. The first-order chi connectivity index (χ1) is 17.6. The maximum atomic E-state index is 13.7. The van der Waals surface area contributed by atoms with Crippen molar-refractivity contribution in [2.24, 2.45) is 11.3 Å². The number of nitrogens with zero attached hydrogens (tertiary/aromatic N) is 2. The van der Waals surface area contributed by atoms with Crippen LogP contribution in [0.4, 0.5) is 4.79 Å². The van der Waals surface area contributed by atoms with E-state index >= 15 is 0 Å². The summed E-state index contributed by atoms with van der Waals surface area (Å²) in [5.41, 5.74) is -2.13. The molecule has 214 valence electrons. The van der Waals surface area contributed by atoms with Gasteiger partial charge in [-0.15, -0.1) is 6.58 Å². The van der Waals surface area contributed by atoms with Gasteiger partial charge in [-0.05, 0) is 50.4 Å². The van der Waals surface area contributed by atoms with E-state index in [0.29, 0.717) is 19.4 Å². The van der Waals surface area contributed by atoms with E-state index in [2.05, 4.69) is 17.2 Å². The zero-order valence-electron chi connectivity index (χ0n) is 22.9. The van der Waals surface area contributed by atoms with Gasteiger partial charge in [0.15, 0.2) is 0 Å². The van der Waals surface area contributed by atoms with E-state index in [4.69, 9.17) is 4.74 Å². The van der Waals surface area contributed by atoms with Crippen molar-refractivity contribution in [3.63, 3.8) is 0 Å². The minimum atomic E-state index is -4.07. The Morgan fingerprint density at radius 2 is 1.74 bits per heavy atom. The first-order valence-electron chi connectivity index (χ1n) is 13.1. The number of ether oxygens (including phenoxy) is 1. The van der Waals surface area contributed by atoms with E-state index in [1.54, 1.807) is 0 Å². The van der Waals surface area contributed by atoms with Gasteiger partial charge in [0, 0.05) is 26.6 Å².